The van der Waals surface area contributed by atoms with Gasteiger partial charge in [-0.25, -0.2) is 0 Å². The lowest BCUT2D eigenvalue weighted by molar-refractivity contribution is 1.13. The van der Waals surface area contributed by atoms with Gasteiger partial charge in [-0.15, -0.1) is 11.3 Å². The molecule has 0 N–H and O–H groups in total. The maximum Gasteiger partial charge on any atom is 0.0367 e. The van der Waals surface area contributed by atoms with Crippen molar-refractivity contribution >= 4 is 37.4 Å². The van der Waals surface area contributed by atoms with E-state index in [2.05, 4.69) is 52.5 Å². The van der Waals surface area contributed by atoms with Crippen molar-refractivity contribution < 1.29 is 0 Å². The first-order valence-corrected chi connectivity index (χ1v) is 5.68. The van der Waals surface area contributed by atoms with Crippen LogP contribution in [-0.2, 0) is 0 Å². The number of hydrogen-bond acceptors (Lipinski definition) is 1. The average Bonchev–Trinajstić information content (AvgIpc) is 2.49. The van der Waals surface area contributed by atoms with Crippen molar-refractivity contribution in [3.8, 4) is 0 Å². The van der Waals surface area contributed by atoms with Crippen LogP contribution in [0.25, 0.3) is 10.1 Å². The summed E-state index contributed by atoms with van der Waals surface area (Å²) in [7, 11) is 0. The number of benzene rings is 1. The second-order valence-corrected chi connectivity index (χ2v) is 5.16. The molecule has 1 aromatic carbocycles. The number of fused-ring (bicyclic) bond motifs is 1. The normalized spacial score (nSPS) is 13.5. The molecule has 0 radical (unpaired) electrons. The van der Waals surface area contributed by atoms with Gasteiger partial charge in [-0.2, -0.15) is 0 Å². The highest BCUT2D eigenvalue weighted by molar-refractivity contribution is 9.09. The Morgan fingerprint density at radius 1 is 1.33 bits per heavy atom. The lowest BCUT2D eigenvalue weighted by atomic mass is 10.1. The van der Waals surface area contributed by atoms with E-state index in [1.165, 1.54) is 15.6 Å². The largest absolute Gasteiger partial charge is 0.144 e. The topological polar surface area (TPSA) is 0 Å². The fourth-order valence-electron chi connectivity index (χ4n) is 1.23. The van der Waals surface area contributed by atoms with Crippen LogP contribution < -0.4 is 0 Å². The summed E-state index contributed by atoms with van der Waals surface area (Å²) in [5, 5.41) is 3.48. The van der Waals surface area contributed by atoms with Crippen molar-refractivity contribution in [1.82, 2.24) is 0 Å². The van der Waals surface area contributed by atoms with Crippen LogP contribution in [0.15, 0.2) is 29.6 Å². The van der Waals surface area contributed by atoms with E-state index < -0.39 is 0 Å². The third-order valence-electron chi connectivity index (χ3n) is 1.94. The lowest BCUT2D eigenvalue weighted by Crippen LogP contribution is -1.80. The van der Waals surface area contributed by atoms with Crippen LogP contribution in [0.5, 0.6) is 0 Å². The van der Waals surface area contributed by atoms with E-state index in [9.17, 15) is 0 Å². The summed E-state index contributed by atoms with van der Waals surface area (Å²) in [4.78, 5) is 0.446. The highest BCUT2D eigenvalue weighted by Gasteiger charge is 2.01. The molecule has 2 heteroatoms. The summed E-state index contributed by atoms with van der Waals surface area (Å²) in [6.07, 6.45) is 0. The minimum atomic E-state index is 0.446. The summed E-state index contributed by atoms with van der Waals surface area (Å²) in [5.74, 6) is 0. The Bertz CT molecular complexity index is 389. The van der Waals surface area contributed by atoms with Crippen molar-refractivity contribution in [2.45, 2.75) is 11.8 Å². The minimum absolute atomic E-state index is 0.446. The highest BCUT2D eigenvalue weighted by atomic mass is 79.9. The second kappa shape index (κ2) is 3.19. The molecule has 0 spiro atoms. The molecule has 12 heavy (non-hydrogen) atoms. The number of halogens is 1. The monoisotopic (exact) mass is 240 g/mol. The van der Waals surface area contributed by atoms with E-state index in [1.54, 1.807) is 11.3 Å². The maximum atomic E-state index is 3.56. The first-order valence-electron chi connectivity index (χ1n) is 3.88. The molecule has 0 aliphatic heterocycles. The van der Waals surface area contributed by atoms with Gasteiger partial charge in [0.15, 0.2) is 0 Å². The fraction of sp³-hybridized carbons (Fsp3) is 0.200. The zero-order valence-corrected chi connectivity index (χ0v) is 9.15. The van der Waals surface area contributed by atoms with Gasteiger partial charge in [-0.3, -0.25) is 0 Å². The van der Waals surface area contributed by atoms with Gasteiger partial charge in [-0.1, -0.05) is 22.0 Å². The van der Waals surface area contributed by atoms with Gasteiger partial charge in [0.05, 0.1) is 0 Å². The molecule has 0 saturated carbocycles. The van der Waals surface area contributed by atoms with E-state index in [4.69, 9.17) is 0 Å². The Morgan fingerprint density at radius 2 is 2.17 bits per heavy atom. The van der Waals surface area contributed by atoms with Crippen LogP contribution >= 0.6 is 27.3 Å². The number of hydrogen-bond donors (Lipinski definition) is 0. The molecule has 0 fully saturated rings. The van der Waals surface area contributed by atoms with Crippen molar-refractivity contribution in [2.24, 2.45) is 0 Å². The summed E-state index contributed by atoms with van der Waals surface area (Å²) >= 11 is 5.35. The van der Waals surface area contributed by atoms with Gasteiger partial charge >= 0.3 is 0 Å². The minimum Gasteiger partial charge on any atom is -0.144 e. The molecular formula is C10H9BrS. The van der Waals surface area contributed by atoms with E-state index in [-0.39, 0.29) is 0 Å². The number of rotatable bonds is 1. The standard InChI is InChI=1S/C10H9BrS/c1-7(11)8-2-3-10-9(6-8)4-5-12-10/h2-7H,1H3. The molecule has 1 atom stereocenters. The molecule has 1 aromatic heterocycles. The molecule has 0 nitrogen and oxygen atoms in total. The summed E-state index contributed by atoms with van der Waals surface area (Å²) in [6, 6.07) is 8.77. The zero-order valence-electron chi connectivity index (χ0n) is 6.75. The molecule has 62 valence electrons. The van der Waals surface area contributed by atoms with Gasteiger partial charge < -0.3 is 0 Å². The summed E-state index contributed by atoms with van der Waals surface area (Å²) in [5.41, 5.74) is 1.35. The van der Waals surface area contributed by atoms with Crippen molar-refractivity contribution in [3.63, 3.8) is 0 Å². The first-order chi connectivity index (χ1) is 5.77. The van der Waals surface area contributed by atoms with Crippen molar-refractivity contribution in [1.29, 1.82) is 0 Å². The van der Waals surface area contributed by atoms with Gasteiger partial charge in [-0.05, 0) is 41.5 Å². The van der Waals surface area contributed by atoms with Crippen LogP contribution in [0.2, 0.25) is 0 Å². The van der Waals surface area contributed by atoms with E-state index in [0.717, 1.165) is 0 Å². The van der Waals surface area contributed by atoms with Crippen LogP contribution in [0.1, 0.15) is 17.3 Å². The Morgan fingerprint density at radius 3 is 2.92 bits per heavy atom. The van der Waals surface area contributed by atoms with Gasteiger partial charge in [0, 0.05) is 9.53 Å². The number of thiophene rings is 1. The highest BCUT2D eigenvalue weighted by Crippen LogP contribution is 2.27. The summed E-state index contributed by atoms with van der Waals surface area (Å²) < 4.78 is 1.37. The van der Waals surface area contributed by atoms with E-state index in [1.807, 2.05) is 0 Å². The number of alkyl halides is 1. The van der Waals surface area contributed by atoms with Gasteiger partial charge in [0.1, 0.15) is 0 Å². The van der Waals surface area contributed by atoms with Crippen LogP contribution in [0, 0.1) is 0 Å². The molecule has 0 bridgehead atoms. The van der Waals surface area contributed by atoms with E-state index in [0.29, 0.717) is 4.83 Å². The van der Waals surface area contributed by atoms with Gasteiger partial charge in [0.2, 0.25) is 0 Å². The quantitative estimate of drug-likeness (QED) is 0.651. The van der Waals surface area contributed by atoms with Crippen LogP contribution in [-0.4, -0.2) is 0 Å². The third kappa shape index (κ3) is 1.41. The SMILES string of the molecule is CC(Br)c1ccc2sccc2c1. The molecule has 2 aromatic rings. The van der Waals surface area contributed by atoms with Gasteiger partial charge in [0.25, 0.3) is 0 Å². The average molecular weight is 241 g/mol. The lowest BCUT2D eigenvalue weighted by Gasteiger charge is -2.02. The molecule has 0 saturated heterocycles. The summed E-state index contributed by atoms with van der Waals surface area (Å²) in [6.45, 7) is 2.15. The maximum absolute atomic E-state index is 3.56. The molecule has 1 heterocycles. The van der Waals surface area contributed by atoms with Crippen molar-refractivity contribution in [2.75, 3.05) is 0 Å². The molecule has 2 rings (SSSR count). The smallest absolute Gasteiger partial charge is 0.0367 e. The second-order valence-electron chi connectivity index (χ2n) is 2.83. The molecule has 0 aliphatic rings. The molecule has 0 aliphatic carbocycles. The zero-order chi connectivity index (χ0) is 8.55. The Hall–Kier alpha value is -0.340. The fourth-order valence-corrected chi connectivity index (χ4v) is 2.29. The molecule has 0 amide bonds. The van der Waals surface area contributed by atoms with Crippen molar-refractivity contribution in [3.05, 3.63) is 35.2 Å². The Labute approximate surface area is 84.4 Å². The predicted octanol–water partition coefficient (Wildman–Crippen LogP) is 4.36. The molecule has 1 unspecified atom stereocenters. The predicted molar refractivity (Wildman–Crippen MR) is 59.2 cm³/mol. The molecular weight excluding hydrogens is 232 g/mol. The Balaban J connectivity index is 2.60. The third-order valence-corrected chi connectivity index (χ3v) is 3.36. The first kappa shape index (κ1) is 8.27. The Kier molecular flexibility index (Phi) is 2.20. The van der Waals surface area contributed by atoms with Crippen LogP contribution in [0.3, 0.4) is 0 Å². The van der Waals surface area contributed by atoms with E-state index >= 15 is 0 Å². The van der Waals surface area contributed by atoms with Crippen LogP contribution in [0.4, 0.5) is 0 Å².